The zero-order chi connectivity index (χ0) is 13.9. The maximum atomic E-state index is 11.9. The summed E-state index contributed by atoms with van der Waals surface area (Å²) in [5.41, 5.74) is -1.32. The normalized spacial score (nSPS) is 23.6. The highest BCUT2D eigenvalue weighted by atomic mass is 16.3. The molecule has 0 spiro atoms. The minimum absolute atomic E-state index is 0.152. The lowest BCUT2D eigenvalue weighted by molar-refractivity contribution is -0.124. The van der Waals surface area contributed by atoms with E-state index < -0.39 is 11.3 Å². The van der Waals surface area contributed by atoms with Gasteiger partial charge in [0.25, 0.3) is 0 Å². The number of carbonyl (C=O) groups excluding carboxylic acids is 2. The molecule has 1 heterocycles. The highest BCUT2D eigenvalue weighted by molar-refractivity contribution is 5.96. The summed E-state index contributed by atoms with van der Waals surface area (Å²) in [5.74, 6) is -1.34. The molecule has 1 aliphatic rings. The van der Waals surface area contributed by atoms with E-state index in [0.717, 1.165) is 0 Å². The van der Waals surface area contributed by atoms with E-state index in [2.05, 4.69) is 0 Å². The summed E-state index contributed by atoms with van der Waals surface area (Å²) in [7, 11) is 0. The van der Waals surface area contributed by atoms with Gasteiger partial charge in [0.1, 0.15) is 5.41 Å². The van der Waals surface area contributed by atoms with Crippen molar-refractivity contribution in [2.45, 2.75) is 25.7 Å². The van der Waals surface area contributed by atoms with E-state index in [-0.39, 0.29) is 23.7 Å². The Hall–Kier alpha value is -2.40. The molecule has 96 valence electrons. The molecule has 0 N–H and O–H groups in total. The fraction of sp³-hybridized carbons (Fsp3) is 0.429. The van der Waals surface area contributed by atoms with Crippen molar-refractivity contribution in [1.82, 2.24) is 0 Å². The van der Waals surface area contributed by atoms with Gasteiger partial charge in [-0.15, -0.1) is 0 Å². The average Bonchev–Trinajstić information content (AvgIpc) is 3.05. The first-order valence-corrected chi connectivity index (χ1v) is 6.05. The van der Waals surface area contributed by atoms with Crippen LogP contribution in [0.15, 0.2) is 22.8 Å². The van der Waals surface area contributed by atoms with Gasteiger partial charge in [-0.05, 0) is 25.0 Å². The van der Waals surface area contributed by atoms with Gasteiger partial charge in [0.15, 0.2) is 17.3 Å². The number of nitriles is 2. The van der Waals surface area contributed by atoms with Gasteiger partial charge >= 0.3 is 0 Å². The molecule has 19 heavy (non-hydrogen) atoms. The molecule has 1 aliphatic carbocycles. The number of ketones is 2. The third-order valence-electron chi connectivity index (χ3n) is 3.61. The second-order valence-corrected chi connectivity index (χ2v) is 4.65. The van der Waals surface area contributed by atoms with Gasteiger partial charge in [-0.25, -0.2) is 0 Å². The van der Waals surface area contributed by atoms with Gasteiger partial charge < -0.3 is 4.42 Å². The number of carbonyl (C=O) groups is 2. The Bertz CT molecular complexity index is 577. The quantitative estimate of drug-likeness (QED) is 0.770. The second-order valence-electron chi connectivity index (χ2n) is 4.65. The van der Waals surface area contributed by atoms with Crippen molar-refractivity contribution in [2.75, 3.05) is 0 Å². The summed E-state index contributed by atoms with van der Waals surface area (Å²) in [6, 6.07) is 7.01. The summed E-state index contributed by atoms with van der Waals surface area (Å²) >= 11 is 0. The van der Waals surface area contributed by atoms with E-state index in [1.807, 2.05) is 12.1 Å². The van der Waals surface area contributed by atoms with Crippen molar-refractivity contribution in [3.05, 3.63) is 24.2 Å². The van der Waals surface area contributed by atoms with Crippen LogP contribution in [0, 0.1) is 34.0 Å². The van der Waals surface area contributed by atoms with Gasteiger partial charge in [0.2, 0.25) is 0 Å². The van der Waals surface area contributed by atoms with Gasteiger partial charge in [0, 0.05) is 12.8 Å². The lowest BCUT2D eigenvalue weighted by Crippen LogP contribution is -2.34. The van der Waals surface area contributed by atoms with E-state index in [1.165, 1.54) is 12.3 Å². The first kappa shape index (κ1) is 13.0. The molecule has 0 aromatic carbocycles. The van der Waals surface area contributed by atoms with Crippen LogP contribution in [-0.2, 0) is 4.79 Å². The van der Waals surface area contributed by atoms with Gasteiger partial charge in [0.05, 0.1) is 24.3 Å². The lowest BCUT2D eigenvalue weighted by atomic mass is 9.72. The molecular formula is C14H12N2O3. The number of rotatable bonds is 4. The third-order valence-corrected chi connectivity index (χ3v) is 3.61. The van der Waals surface area contributed by atoms with E-state index in [4.69, 9.17) is 4.42 Å². The van der Waals surface area contributed by atoms with E-state index >= 15 is 0 Å². The molecule has 1 aromatic heterocycles. The van der Waals surface area contributed by atoms with E-state index in [1.54, 1.807) is 6.07 Å². The van der Waals surface area contributed by atoms with Crippen LogP contribution in [0.5, 0.6) is 0 Å². The molecule has 0 amide bonds. The van der Waals surface area contributed by atoms with Crippen molar-refractivity contribution < 1.29 is 14.0 Å². The lowest BCUT2D eigenvalue weighted by Gasteiger charge is -2.23. The van der Waals surface area contributed by atoms with Gasteiger partial charge in [-0.3, -0.25) is 9.59 Å². The SMILES string of the molecule is N#C[C@@H](CC(=O)c1ccco1)[C@]1(C#N)CCCC1=O. The molecule has 0 aliphatic heterocycles. The topological polar surface area (TPSA) is 94.9 Å². The van der Waals surface area contributed by atoms with E-state index in [9.17, 15) is 20.1 Å². The number of furan rings is 1. The van der Waals surface area contributed by atoms with Crippen LogP contribution in [0.1, 0.15) is 36.2 Å². The Morgan fingerprint density at radius 3 is 2.79 bits per heavy atom. The highest BCUT2D eigenvalue weighted by Gasteiger charge is 2.49. The molecule has 5 nitrogen and oxygen atoms in total. The largest absolute Gasteiger partial charge is 0.461 e. The first-order valence-electron chi connectivity index (χ1n) is 6.05. The van der Waals surface area contributed by atoms with Crippen molar-refractivity contribution in [3.8, 4) is 12.1 Å². The molecule has 2 atom stereocenters. The standard InChI is InChI=1S/C14H12N2O3/c15-8-10(7-11(17)12-3-2-6-19-12)14(9-16)5-1-4-13(14)18/h2-3,6,10H,1,4-5,7H2/t10-,14-/m1/s1. The molecule has 0 bridgehead atoms. The molecule has 2 rings (SSSR count). The minimum Gasteiger partial charge on any atom is -0.461 e. The Morgan fingerprint density at radius 2 is 2.32 bits per heavy atom. The molecule has 5 heteroatoms. The number of Topliss-reactive ketones (excluding diaryl/α,β-unsaturated/α-hetero) is 2. The summed E-state index contributed by atoms with van der Waals surface area (Å²) in [6.07, 6.45) is 2.46. The van der Waals surface area contributed by atoms with Crippen molar-refractivity contribution in [3.63, 3.8) is 0 Å². The van der Waals surface area contributed by atoms with Crippen LogP contribution in [0.25, 0.3) is 0 Å². The molecule has 1 fully saturated rings. The predicted molar refractivity (Wildman–Crippen MR) is 63.7 cm³/mol. The zero-order valence-electron chi connectivity index (χ0n) is 10.3. The monoisotopic (exact) mass is 256 g/mol. The summed E-state index contributed by atoms with van der Waals surface area (Å²) in [6.45, 7) is 0. The Kier molecular flexibility index (Phi) is 3.48. The minimum atomic E-state index is -1.32. The third kappa shape index (κ3) is 2.15. The number of hydrogen-bond acceptors (Lipinski definition) is 5. The van der Waals surface area contributed by atoms with Gasteiger partial charge in [-0.2, -0.15) is 10.5 Å². The number of hydrogen-bond donors (Lipinski definition) is 0. The van der Waals surface area contributed by atoms with E-state index in [0.29, 0.717) is 19.3 Å². The molecule has 0 unspecified atom stereocenters. The fourth-order valence-electron chi connectivity index (χ4n) is 2.51. The van der Waals surface area contributed by atoms with Crippen molar-refractivity contribution >= 4 is 11.6 Å². The van der Waals surface area contributed by atoms with Crippen LogP contribution in [-0.4, -0.2) is 11.6 Å². The van der Waals surface area contributed by atoms with Crippen LogP contribution in [0.3, 0.4) is 0 Å². The molecule has 1 aromatic rings. The summed E-state index contributed by atoms with van der Waals surface area (Å²) in [4.78, 5) is 23.8. The Balaban J connectivity index is 2.22. The number of nitrogens with zero attached hydrogens (tertiary/aromatic N) is 2. The molecular weight excluding hydrogens is 244 g/mol. The van der Waals surface area contributed by atoms with Crippen molar-refractivity contribution in [2.24, 2.45) is 11.3 Å². The zero-order valence-corrected chi connectivity index (χ0v) is 10.3. The van der Waals surface area contributed by atoms with Gasteiger partial charge in [-0.1, -0.05) is 0 Å². The molecule has 1 saturated carbocycles. The van der Waals surface area contributed by atoms with Crippen LogP contribution >= 0.6 is 0 Å². The maximum absolute atomic E-state index is 11.9. The maximum Gasteiger partial charge on any atom is 0.199 e. The smallest absolute Gasteiger partial charge is 0.199 e. The van der Waals surface area contributed by atoms with Crippen LogP contribution in [0.4, 0.5) is 0 Å². The molecule has 0 saturated heterocycles. The van der Waals surface area contributed by atoms with Crippen LogP contribution in [0.2, 0.25) is 0 Å². The Labute approximate surface area is 110 Å². The van der Waals surface area contributed by atoms with Crippen molar-refractivity contribution in [1.29, 1.82) is 10.5 Å². The fourth-order valence-corrected chi connectivity index (χ4v) is 2.51. The summed E-state index contributed by atoms with van der Waals surface area (Å²) in [5, 5.41) is 18.5. The predicted octanol–water partition coefficient (Wildman–Crippen LogP) is 2.26. The van der Waals surface area contributed by atoms with Crippen LogP contribution < -0.4 is 0 Å². The average molecular weight is 256 g/mol. The Morgan fingerprint density at radius 1 is 1.53 bits per heavy atom. The summed E-state index contributed by atoms with van der Waals surface area (Å²) < 4.78 is 4.97. The first-order chi connectivity index (χ1) is 9.14. The second kappa shape index (κ2) is 5.07. The molecule has 0 radical (unpaired) electrons. The highest BCUT2D eigenvalue weighted by Crippen LogP contribution is 2.42.